The molecule has 1 aromatic carbocycles. The molecule has 0 bridgehead atoms. The summed E-state index contributed by atoms with van der Waals surface area (Å²) in [5, 5.41) is 0.638. The molecule has 0 aromatic heterocycles. The van der Waals surface area contributed by atoms with Gasteiger partial charge in [0.05, 0.1) is 6.61 Å². The van der Waals surface area contributed by atoms with E-state index < -0.39 is 0 Å². The number of thioether (sulfide) groups is 1. The van der Waals surface area contributed by atoms with Crippen LogP contribution in [0.1, 0.15) is 6.42 Å². The highest BCUT2D eigenvalue weighted by molar-refractivity contribution is 9.10. The summed E-state index contributed by atoms with van der Waals surface area (Å²) in [6.07, 6.45) is 1.17. The van der Waals surface area contributed by atoms with E-state index in [0.29, 0.717) is 5.25 Å². The first-order valence-electron chi connectivity index (χ1n) is 4.35. The fraction of sp³-hybridized carbons (Fsp3) is 0.400. The summed E-state index contributed by atoms with van der Waals surface area (Å²) in [6.45, 7) is 1.81. The summed E-state index contributed by atoms with van der Waals surface area (Å²) in [4.78, 5) is 1.32. The van der Waals surface area contributed by atoms with Crippen LogP contribution in [0.5, 0.6) is 0 Å². The average Bonchev–Trinajstić information content (AvgIpc) is 2.61. The minimum atomic E-state index is 0.638. The Kier molecular flexibility index (Phi) is 3.30. The average molecular weight is 259 g/mol. The lowest BCUT2D eigenvalue weighted by atomic mass is 10.4. The number of halogens is 1. The molecule has 0 spiro atoms. The zero-order valence-corrected chi connectivity index (χ0v) is 9.61. The van der Waals surface area contributed by atoms with Gasteiger partial charge < -0.3 is 4.74 Å². The molecule has 1 aliphatic heterocycles. The lowest BCUT2D eigenvalue weighted by Gasteiger charge is -2.08. The normalized spacial score (nSPS) is 22.1. The molecule has 0 amide bonds. The molecule has 1 atom stereocenters. The zero-order chi connectivity index (χ0) is 9.10. The van der Waals surface area contributed by atoms with Crippen molar-refractivity contribution in [1.29, 1.82) is 0 Å². The minimum absolute atomic E-state index is 0.638. The Bertz CT molecular complexity index is 284. The topological polar surface area (TPSA) is 9.23 Å². The number of benzene rings is 1. The molecule has 1 aliphatic rings. The van der Waals surface area contributed by atoms with Crippen LogP contribution in [0, 0.1) is 0 Å². The van der Waals surface area contributed by atoms with Crippen LogP contribution in [0.2, 0.25) is 0 Å². The first kappa shape index (κ1) is 9.56. The van der Waals surface area contributed by atoms with Gasteiger partial charge in [-0.2, -0.15) is 0 Å². The molecule has 1 unspecified atom stereocenters. The van der Waals surface area contributed by atoms with Crippen LogP contribution in [0.25, 0.3) is 0 Å². The molecule has 13 heavy (non-hydrogen) atoms. The van der Waals surface area contributed by atoms with Gasteiger partial charge >= 0.3 is 0 Å². The third-order valence-corrected chi connectivity index (χ3v) is 4.29. The molecule has 3 heteroatoms. The van der Waals surface area contributed by atoms with E-state index in [1.165, 1.54) is 15.8 Å². The van der Waals surface area contributed by atoms with E-state index in [-0.39, 0.29) is 0 Å². The second-order valence-corrected chi connectivity index (χ2v) is 5.23. The highest BCUT2D eigenvalue weighted by atomic mass is 79.9. The summed E-state index contributed by atoms with van der Waals surface area (Å²) in [6, 6.07) is 8.34. The lowest BCUT2D eigenvalue weighted by Crippen LogP contribution is -1.99. The van der Waals surface area contributed by atoms with Crippen molar-refractivity contribution in [2.24, 2.45) is 0 Å². The summed E-state index contributed by atoms with van der Waals surface area (Å²) in [5.74, 6) is 0. The number of ether oxygens (including phenoxy) is 1. The van der Waals surface area contributed by atoms with Crippen molar-refractivity contribution in [3.05, 3.63) is 28.7 Å². The molecular weight excluding hydrogens is 248 g/mol. The summed E-state index contributed by atoms with van der Waals surface area (Å²) in [5.41, 5.74) is 0. The first-order valence-corrected chi connectivity index (χ1v) is 6.02. The van der Waals surface area contributed by atoms with Crippen molar-refractivity contribution < 1.29 is 4.74 Å². The van der Waals surface area contributed by atoms with Gasteiger partial charge in [0, 0.05) is 21.2 Å². The quantitative estimate of drug-likeness (QED) is 0.805. The molecule has 0 radical (unpaired) electrons. The maximum absolute atomic E-state index is 5.33. The molecule has 1 nitrogen and oxygen atoms in total. The Hall–Kier alpha value is 0.01000. The van der Waals surface area contributed by atoms with Crippen molar-refractivity contribution in [2.75, 3.05) is 13.2 Å². The SMILES string of the molecule is Brc1ccccc1SC1CCOC1. The minimum Gasteiger partial charge on any atom is -0.380 e. The largest absolute Gasteiger partial charge is 0.380 e. The molecule has 1 fully saturated rings. The monoisotopic (exact) mass is 258 g/mol. The number of hydrogen-bond donors (Lipinski definition) is 0. The van der Waals surface area contributed by atoms with Gasteiger partial charge in [-0.25, -0.2) is 0 Å². The molecule has 0 aliphatic carbocycles. The molecule has 70 valence electrons. The zero-order valence-electron chi connectivity index (χ0n) is 7.20. The van der Waals surface area contributed by atoms with Crippen molar-refractivity contribution in [2.45, 2.75) is 16.6 Å². The lowest BCUT2D eigenvalue weighted by molar-refractivity contribution is 0.199. The van der Waals surface area contributed by atoms with E-state index in [1.807, 2.05) is 17.8 Å². The van der Waals surface area contributed by atoms with Crippen LogP contribution in [-0.2, 0) is 4.74 Å². The third kappa shape index (κ3) is 2.48. The van der Waals surface area contributed by atoms with Crippen LogP contribution >= 0.6 is 27.7 Å². The predicted molar refractivity (Wildman–Crippen MR) is 59.2 cm³/mol. The maximum Gasteiger partial charge on any atom is 0.0589 e. The standard InChI is InChI=1S/C10H11BrOS/c11-9-3-1-2-4-10(9)13-8-5-6-12-7-8/h1-4,8H,5-7H2. The van der Waals surface area contributed by atoms with Gasteiger partial charge in [-0.1, -0.05) is 12.1 Å². The van der Waals surface area contributed by atoms with Gasteiger partial charge in [-0.15, -0.1) is 11.8 Å². The van der Waals surface area contributed by atoms with E-state index in [1.54, 1.807) is 0 Å². The maximum atomic E-state index is 5.33. The van der Waals surface area contributed by atoms with Crippen LogP contribution < -0.4 is 0 Å². The summed E-state index contributed by atoms with van der Waals surface area (Å²) < 4.78 is 6.52. The predicted octanol–water partition coefficient (Wildman–Crippen LogP) is 3.33. The van der Waals surface area contributed by atoms with Crippen LogP contribution in [-0.4, -0.2) is 18.5 Å². The van der Waals surface area contributed by atoms with Crippen molar-refractivity contribution >= 4 is 27.7 Å². The number of hydrogen-bond acceptors (Lipinski definition) is 2. The Balaban J connectivity index is 2.04. The Morgan fingerprint density at radius 3 is 2.92 bits per heavy atom. The van der Waals surface area contributed by atoms with E-state index in [0.717, 1.165) is 13.2 Å². The second kappa shape index (κ2) is 4.49. The highest BCUT2D eigenvalue weighted by Gasteiger charge is 2.17. The van der Waals surface area contributed by atoms with Crippen molar-refractivity contribution in [3.8, 4) is 0 Å². The van der Waals surface area contributed by atoms with Crippen molar-refractivity contribution in [3.63, 3.8) is 0 Å². The van der Waals surface area contributed by atoms with Gasteiger partial charge in [0.15, 0.2) is 0 Å². The Morgan fingerprint density at radius 2 is 2.23 bits per heavy atom. The molecule has 0 N–H and O–H groups in total. The molecule has 1 heterocycles. The van der Waals surface area contributed by atoms with Gasteiger partial charge in [-0.3, -0.25) is 0 Å². The van der Waals surface area contributed by atoms with Crippen LogP contribution in [0.4, 0.5) is 0 Å². The van der Waals surface area contributed by atoms with E-state index >= 15 is 0 Å². The van der Waals surface area contributed by atoms with E-state index in [2.05, 4.69) is 34.1 Å². The second-order valence-electron chi connectivity index (χ2n) is 3.03. The smallest absolute Gasteiger partial charge is 0.0589 e. The Morgan fingerprint density at radius 1 is 1.38 bits per heavy atom. The molecular formula is C10H11BrOS. The highest BCUT2D eigenvalue weighted by Crippen LogP contribution is 2.33. The van der Waals surface area contributed by atoms with Crippen LogP contribution in [0.3, 0.4) is 0 Å². The van der Waals surface area contributed by atoms with Crippen molar-refractivity contribution in [1.82, 2.24) is 0 Å². The van der Waals surface area contributed by atoms with E-state index in [9.17, 15) is 0 Å². The van der Waals surface area contributed by atoms with Gasteiger partial charge in [0.25, 0.3) is 0 Å². The van der Waals surface area contributed by atoms with Gasteiger partial charge in [-0.05, 0) is 34.5 Å². The summed E-state index contributed by atoms with van der Waals surface area (Å²) in [7, 11) is 0. The fourth-order valence-electron chi connectivity index (χ4n) is 1.33. The molecule has 2 rings (SSSR count). The van der Waals surface area contributed by atoms with Crippen LogP contribution in [0.15, 0.2) is 33.6 Å². The molecule has 1 aromatic rings. The number of rotatable bonds is 2. The Labute approximate surface area is 91.0 Å². The van der Waals surface area contributed by atoms with Gasteiger partial charge in [0.2, 0.25) is 0 Å². The molecule has 0 saturated carbocycles. The molecule has 1 saturated heterocycles. The van der Waals surface area contributed by atoms with E-state index in [4.69, 9.17) is 4.74 Å². The third-order valence-electron chi connectivity index (χ3n) is 2.02. The first-order chi connectivity index (χ1) is 6.36. The summed E-state index contributed by atoms with van der Waals surface area (Å²) >= 11 is 5.45. The van der Waals surface area contributed by atoms with Gasteiger partial charge in [0.1, 0.15) is 0 Å². The fourth-order valence-corrected chi connectivity index (χ4v) is 2.97.